The maximum atomic E-state index is 13.1. The van der Waals surface area contributed by atoms with E-state index in [1.165, 1.54) is 35.9 Å². The third-order valence-corrected chi connectivity index (χ3v) is 8.03. The highest BCUT2D eigenvalue weighted by Crippen LogP contribution is 2.46. The Morgan fingerprint density at radius 2 is 1.50 bits per heavy atom. The van der Waals surface area contributed by atoms with E-state index in [1.807, 2.05) is 18.2 Å². The first-order valence-electron chi connectivity index (χ1n) is 11.1. The van der Waals surface area contributed by atoms with E-state index in [0.29, 0.717) is 0 Å². The number of nitrogens with zero attached hydrogens (tertiary/aromatic N) is 2. The number of allylic oxidation sites excluding steroid dienone is 1. The van der Waals surface area contributed by atoms with Gasteiger partial charge in [0.15, 0.2) is 0 Å². The Morgan fingerprint density at radius 3 is 2.18 bits per heavy atom. The van der Waals surface area contributed by atoms with Gasteiger partial charge in [0.25, 0.3) is 5.78 Å². The van der Waals surface area contributed by atoms with Gasteiger partial charge in [-0.2, -0.15) is 13.2 Å². The van der Waals surface area contributed by atoms with Crippen molar-refractivity contribution in [2.75, 3.05) is 0 Å². The number of rotatable bonds is 5. The summed E-state index contributed by atoms with van der Waals surface area (Å²) in [5.74, 6) is -0.351. The summed E-state index contributed by atoms with van der Waals surface area (Å²) in [6, 6.07) is 22.0. The van der Waals surface area contributed by atoms with Crippen molar-refractivity contribution in [1.29, 1.82) is 0 Å². The van der Waals surface area contributed by atoms with Gasteiger partial charge in [0.2, 0.25) is 0 Å². The van der Waals surface area contributed by atoms with E-state index in [1.54, 1.807) is 12.1 Å². The third kappa shape index (κ3) is 3.69. The average Bonchev–Trinajstić information content (AvgIpc) is 3.36. The molecule has 0 atom stereocenters. The molecule has 0 N–H and O–H groups in total. The summed E-state index contributed by atoms with van der Waals surface area (Å²) >= 11 is 0. The first-order valence-corrected chi connectivity index (χ1v) is 12.5. The molecule has 1 fully saturated rings. The standard InChI is InChI=1S/C27H22N2O4S/c28-29-24-16-15-22-23(26(24)30)9-6-10-25(22)34(31,32)33-21-13-11-20(12-14-21)27(17-4-5-18-27)19-7-2-1-3-8-19/h1-3,6-16H,4-5,17-18H2. The smallest absolute Gasteiger partial charge is 0.362 e. The van der Waals surface area contributed by atoms with Crippen molar-refractivity contribution in [3.63, 3.8) is 0 Å². The highest BCUT2D eigenvalue weighted by Gasteiger charge is 2.37. The molecule has 34 heavy (non-hydrogen) atoms. The van der Waals surface area contributed by atoms with Crippen LogP contribution in [0, 0.1) is 0 Å². The lowest BCUT2D eigenvalue weighted by Gasteiger charge is -2.30. The van der Waals surface area contributed by atoms with Crippen LogP contribution in [0.2, 0.25) is 0 Å². The van der Waals surface area contributed by atoms with Crippen molar-refractivity contribution in [1.82, 2.24) is 0 Å². The highest BCUT2D eigenvalue weighted by molar-refractivity contribution is 7.87. The highest BCUT2D eigenvalue weighted by atomic mass is 32.2. The lowest BCUT2D eigenvalue weighted by molar-refractivity contribution is -0.00436. The fourth-order valence-corrected chi connectivity index (χ4v) is 6.21. The fraction of sp³-hybridized carbons (Fsp3) is 0.185. The summed E-state index contributed by atoms with van der Waals surface area (Å²) in [5, 5.41) is 0. The molecule has 0 unspecified atom stereocenters. The molecule has 0 aliphatic heterocycles. The van der Waals surface area contributed by atoms with Gasteiger partial charge in [-0.25, -0.2) is 0 Å². The van der Waals surface area contributed by atoms with E-state index < -0.39 is 15.9 Å². The molecule has 6 nitrogen and oxygen atoms in total. The van der Waals surface area contributed by atoms with Crippen molar-refractivity contribution in [2.45, 2.75) is 36.0 Å². The molecule has 7 heteroatoms. The molecular formula is C27H22N2O4S. The van der Waals surface area contributed by atoms with Crippen LogP contribution in [0.1, 0.15) is 52.7 Å². The molecule has 170 valence electrons. The van der Waals surface area contributed by atoms with Gasteiger partial charge in [-0.3, -0.25) is 4.79 Å². The van der Waals surface area contributed by atoms with Crippen molar-refractivity contribution < 1.29 is 22.2 Å². The van der Waals surface area contributed by atoms with E-state index in [4.69, 9.17) is 9.71 Å². The van der Waals surface area contributed by atoms with Crippen molar-refractivity contribution in [2.24, 2.45) is 0 Å². The Labute approximate surface area is 198 Å². The molecule has 2 aliphatic rings. The fourth-order valence-electron chi connectivity index (χ4n) is 5.07. The van der Waals surface area contributed by atoms with Crippen molar-refractivity contribution in [3.8, 4) is 5.75 Å². The van der Waals surface area contributed by atoms with Crippen LogP contribution in [0.3, 0.4) is 0 Å². The van der Waals surface area contributed by atoms with E-state index in [0.717, 1.165) is 31.2 Å². The van der Waals surface area contributed by atoms with Gasteiger partial charge in [-0.15, -0.1) is 0 Å². The zero-order valence-corrected chi connectivity index (χ0v) is 19.2. The molecule has 0 saturated heterocycles. The lowest BCUT2D eigenvalue weighted by atomic mass is 9.73. The molecule has 0 heterocycles. The zero-order chi connectivity index (χ0) is 23.8. The summed E-state index contributed by atoms with van der Waals surface area (Å²) in [7, 11) is -4.21. The number of fused-ring (bicyclic) bond motifs is 1. The van der Waals surface area contributed by atoms with Gasteiger partial charge in [0.05, 0.1) is 0 Å². The molecule has 0 spiro atoms. The van der Waals surface area contributed by atoms with Gasteiger partial charge in [0, 0.05) is 22.6 Å². The van der Waals surface area contributed by atoms with Crippen LogP contribution in [0.25, 0.3) is 11.6 Å². The normalized spacial score (nSPS) is 16.7. The molecule has 3 aromatic rings. The van der Waals surface area contributed by atoms with Crippen LogP contribution in [0.4, 0.5) is 0 Å². The van der Waals surface area contributed by atoms with Gasteiger partial charge in [-0.05, 0) is 48.2 Å². The van der Waals surface area contributed by atoms with Crippen molar-refractivity contribution >= 4 is 27.7 Å². The summed E-state index contributed by atoms with van der Waals surface area (Å²) in [5.41, 5.74) is 11.5. The molecule has 0 bridgehead atoms. The van der Waals surface area contributed by atoms with E-state index in [2.05, 4.69) is 29.1 Å². The maximum Gasteiger partial charge on any atom is 0.362 e. The molecule has 0 radical (unpaired) electrons. The molecule has 0 amide bonds. The summed E-state index contributed by atoms with van der Waals surface area (Å²) in [4.78, 5) is 15.3. The minimum absolute atomic E-state index is 0.0751. The number of hydrogen-bond acceptors (Lipinski definition) is 4. The number of carbonyl (C=O) groups excluding carboxylic acids is 1. The second-order valence-corrected chi connectivity index (χ2v) is 10.1. The van der Waals surface area contributed by atoms with Gasteiger partial charge >= 0.3 is 15.8 Å². The summed E-state index contributed by atoms with van der Waals surface area (Å²) in [6.07, 6.45) is 7.11. The SMILES string of the molecule is [N-]=[N+]=C1C=Cc2c(cccc2S(=O)(=O)Oc2ccc(C3(c4ccccc4)CCCC3)cc2)C1=O. The minimum Gasteiger partial charge on any atom is -0.379 e. The number of Topliss-reactive ketones (excluding diaryl/α,β-unsaturated/α-hetero) is 1. The first-order chi connectivity index (χ1) is 16.4. The quantitative estimate of drug-likeness (QED) is 0.291. The van der Waals surface area contributed by atoms with E-state index in [9.17, 15) is 13.2 Å². The summed E-state index contributed by atoms with van der Waals surface area (Å²) in [6.45, 7) is 0. The Hall–Kier alpha value is -3.80. The molecular weight excluding hydrogens is 448 g/mol. The van der Waals surface area contributed by atoms with Crippen LogP contribution in [0.5, 0.6) is 5.75 Å². The van der Waals surface area contributed by atoms with Crippen LogP contribution >= 0.6 is 0 Å². The van der Waals surface area contributed by atoms with Gasteiger partial charge in [0.1, 0.15) is 10.6 Å². The lowest BCUT2D eigenvalue weighted by Crippen LogP contribution is -2.23. The van der Waals surface area contributed by atoms with Crippen LogP contribution in [-0.4, -0.2) is 24.7 Å². The predicted molar refractivity (Wildman–Crippen MR) is 128 cm³/mol. The monoisotopic (exact) mass is 470 g/mol. The number of hydrogen-bond donors (Lipinski definition) is 0. The molecule has 5 rings (SSSR count). The van der Waals surface area contributed by atoms with Gasteiger partial charge < -0.3 is 9.71 Å². The van der Waals surface area contributed by atoms with E-state index in [-0.39, 0.29) is 32.9 Å². The van der Waals surface area contributed by atoms with Crippen LogP contribution in [-0.2, 0) is 15.5 Å². The zero-order valence-electron chi connectivity index (χ0n) is 18.3. The minimum atomic E-state index is -4.21. The molecule has 0 aromatic heterocycles. The molecule has 2 aliphatic carbocycles. The third-order valence-electron chi connectivity index (χ3n) is 6.72. The molecule has 3 aromatic carbocycles. The average molecular weight is 471 g/mol. The Balaban J connectivity index is 1.46. The van der Waals surface area contributed by atoms with Crippen LogP contribution < -0.4 is 4.18 Å². The topological polar surface area (TPSA) is 96.8 Å². The number of benzene rings is 3. The predicted octanol–water partition coefficient (Wildman–Crippen LogP) is 5.19. The number of carbonyl (C=O) groups is 1. The molecule has 1 saturated carbocycles. The van der Waals surface area contributed by atoms with Crippen LogP contribution in [0.15, 0.2) is 83.8 Å². The Morgan fingerprint density at radius 1 is 0.824 bits per heavy atom. The van der Waals surface area contributed by atoms with Crippen molar-refractivity contribution in [3.05, 3.63) is 107 Å². The Bertz CT molecular complexity index is 1450. The maximum absolute atomic E-state index is 13.1. The first kappa shape index (κ1) is 22.0. The Kier molecular flexibility index (Phi) is 5.52. The van der Waals surface area contributed by atoms with E-state index >= 15 is 0 Å². The second kappa shape index (κ2) is 8.52. The number of ketones is 1. The second-order valence-electron chi connectivity index (χ2n) is 8.58. The largest absolute Gasteiger partial charge is 0.379 e. The van der Waals surface area contributed by atoms with Gasteiger partial charge in [-0.1, -0.05) is 67.4 Å². The summed E-state index contributed by atoms with van der Waals surface area (Å²) < 4.78 is 31.7.